The Balaban J connectivity index is 2.64. The van der Waals surface area contributed by atoms with Crippen molar-refractivity contribution >= 4 is 11.6 Å². The quantitative estimate of drug-likeness (QED) is 0.766. The number of anilines is 1. The van der Waals surface area contributed by atoms with Crippen molar-refractivity contribution in [3.63, 3.8) is 0 Å². The summed E-state index contributed by atoms with van der Waals surface area (Å²) < 4.78 is 0. The molecule has 0 spiro atoms. The first-order valence-electron chi connectivity index (χ1n) is 6.26. The minimum Gasteiger partial charge on any atom is -0.312 e. The van der Waals surface area contributed by atoms with Crippen LogP contribution in [0.5, 0.6) is 0 Å². The van der Waals surface area contributed by atoms with E-state index in [1.807, 2.05) is 43.0 Å². The maximum atomic E-state index is 12.0. The van der Waals surface area contributed by atoms with Gasteiger partial charge in [0.25, 0.3) is 0 Å². The first-order valence-corrected chi connectivity index (χ1v) is 6.26. The van der Waals surface area contributed by atoms with Crippen LogP contribution in [0.25, 0.3) is 0 Å². The minimum atomic E-state index is 0.129. The van der Waals surface area contributed by atoms with Gasteiger partial charge in [0.05, 0.1) is 6.54 Å². The molecular formula is C14H22N2O. The summed E-state index contributed by atoms with van der Waals surface area (Å²) >= 11 is 0. The highest BCUT2D eigenvalue weighted by Crippen LogP contribution is 2.14. The summed E-state index contributed by atoms with van der Waals surface area (Å²) in [6, 6.07) is 8.06. The van der Waals surface area contributed by atoms with Crippen LogP contribution in [0.15, 0.2) is 24.3 Å². The minimum absolute atomic E-state index is 0.129. The second kappa shape index (κ2) is 7.07. The van der Waals surface area contributed by atoms with E-state index in [0.717, 1.165) is 18.7 Å². The lowest BCUT2D eigenvalue weighted by Gasteiger charge is -2.21. The highest BCUT2D eigenvalue weighted by atomic mass is 16.2. The number of amides is 1. The first kappa shape index (κ1) is 13.7. The smallest absolute Gasteiger partial charge is 0.240 e. The molecular weight excluding hydrogens is 212 g/mol. The lowest BCUT2D eigenvalue weighted by Crippen LogP contribution is -2.38. The number of carbonyl (C=O) groups is 1. The molecule has 0 aliphatic carbocycles. The molecule has 1 aromatic carbocycles. The Morgan fingerprint density at radius 3 is 2.41 bits per heavy atom. The molecule has 3 heteroatoms. The van der Waals surface area contributed by atoms with Crippen LogP contribution in [0.3, 0.4) is 0 Å². The molecule has 0 atom stereocenters. The van der Waals surface area contributed by atoms with Crippen LogP contribution in [0, 0.1) is 6.92 Å². The Morgan fingerprint density at radius 2 is 1.88 bits per heavy atom. The monoisotopic (exact) mass is 234 g/mol. The molecule has 0 aliphatic heterocycles. The number of hydrogen-bond acceptors (Lipinski definition) is 2. The normalized spacial score (nSPS) is 10.3. The molecule has 1 N–H and O–H groups in total. The number of hydrogen-bond donors (Lipinski definition) is 1. The second-order valence-corrected chi connectivity index (χ2v) is 4.15. The summed E-state index contributed by atoms with van der Waals surface area (Å²) in [6.45, 7) is 8.14. The summed E-state index contributed by atoms with van der Waals surface area (Å²) in [5.74, 6) is 0.129. The fraction of sp³-hybridized carbons (Fsp3) is 0.500. The van der Waals surface area contributed by atoms with Crippen LogP contribution in [-0.2, 0) is 4.79 Å². The topological polar surface area (TPSA) is 32.3 Å². The molecule has 3 nitrogen and oxygen atoms in total. The summed E-state index contributed by atoms with van der Waals surface area (Å²) in [4.78, 5) is 13.8. The Hall–Kier alpha value is -1.35. The third kappa shape index (κ3) is 4.19. The van der Waals surface area contributed by atoms with Gasteiger partial charge in [-0.1, -0.05) is 24.6 Å². The van der Waals surface area contributed by atoms with Crippen LogP contribution in [0.4, 0.5) is 5.69 Å². The number of likely N-dealkylation sites (N-methyl/N-ethyl adjacent to an activating group) is 1. The predicted octanol–water partition coefficient (Wildman–Crippen LogP) is 2.35. The number of benzene rings is 1. The van der Waals surface area contributed by atoms with E-state index < -0.39 is 0 Å². The van der Waals surface area contributed by atoms with Gasteiger partial charge in [-0.25, -0.2) is 0 Å². The summed E-state index contributed by atoms with van der Waals surface area (Å²) in [5.41, 5.74) is 2.18. The van der Waals surface area contributed by atoms with E-state index in [9.17, 15) is 4.79 Å². The molecule has 17 heavy (non-hydrogen) atoms. The maximum Gasteiger partial charge on any atom is 0.240 e. The van der Waals surface area contributed by atoms with E-state index in [-0.39, 0.29) is 5.91 Å². The lowest BCUT2D eigenvalue weighted by atomic mass is 10.2. The van der Waals surface area contributed by atoms with Gasteiger partial charge in [0.2, 0.25) is 5.91 Å². The number of nitrogens with one attached hydrogen (secondary N) is 1. The molecule has 0 saturated heterocycles. The van der Waals surface area contributed by atoms with Crippen LogP contribution in [-0.4, -0.2) is 25.5 Å². The van der Waals surface area contributed by atoms with Crippen molar-refractivity contribution in [1.29, 1.82) is 0 Å². The van der Waals surface area contributed by atoms with Crippen molar-refractivity contribution < 1.29 is 4.79 Å². The average Bonchev–Trinajstić information content (AvgIpc) is 2.33. The van der Waals surface area contributed by atoms with Gasteiger partial charge < -0.3 is 10.2 Å². The Bertz CT molecular complexity index is 346. The molecule has 0 unspecified atom stereocenters. The molecule has 0 saturated carbocycles. The third-order valence-electron chi connectivity index (χ3n) is 2.67. The summed E-state index contributed by atoms with van der Waals surface area (Å²) in [5, 5.41) is 3.14. The van der Waals surface area contributed by atoms with Gasteiger partial charge in [0.1, 0.15) is 0 Å². The molecule has 0 aliphatic rings. The third-order valence-corrected chi connectivity index (χ3v) is 2.67. The van der Waals surface area contributed by atoms with Crippen molar-refractivity contribution in [3.05, 3.63) is 29.8 Å². The van der Waals surface area contributed by atoms with E-state index in [0.29, 0.717) is 13.1 Å². The first-order chi connectivity index (χ1) is 8.19. The fourth-order valence-electron chi connectivity index (χ4n) is 1.70. The number of carbonyl (C=O) groups excluding carboxylic acids is 1. The molecule has 1 amide bonds. The molecule has 1 aromatic rings. The number of nitrogens with zero attached hydrogens (tertiary/aromatic N) is 1. The second-order valence-electron chi connectivity index (χ2n) is 4.15. The zero-order chi connectivity index (χ0) is 12.7. The van der Waals surface area contributed by atoms with Crippen molar-refractivity contribution in [2.45, 2.75) is 27.2 Å². The van der Waals surface area contributed by atoms with Gasteiger partial charge in [-0.05, 0) is 38.9 Å². The maximum absolute atomic E-state index is 12.0. The van der Waals surface area contributed by atoms with Gasteiger partial charge in [-0.3, -0.25) is 4.79 Å². The average molecular weight is 234 g/mol. The number of rotatable bonds is 6. The van der Waals surface area contributed by atoms with Crippen molar-refractivity contribution in [2.24, 2.45) is 0 Å². The van der Waals surface area contributed by atoms with Crippen LogP contribution >= 0.6 is 0 Å². The van der Waals surface area contributed by atoms with E-state index in [4.69, 9.17) is 0 Å². The predicted molar refractivity (Wildman–Crippen MR) is 72.4 cm³/mol. The van der Waals surface area contributed by atoms with Gasteiger partial charge in [-0.2, -0.15) is 0 Å². The number of aryl methyl sites for hydroxylation is 1. The van der Waals surface area contributed by atoms with E-state index >= 15 is 0 Å². The largest absolute Gasteiger partial charge is 0.312 e. The van der Waals surface area contributed by atoms with Gasteiger partial charge in [-0.15, -0.1) is 0 Å². The standard InChI is InChI=1S/C14H22N2O/c1-4-10-15-11-14(17)16(5-2)13-8-6-12(3)7-9-13/h6-9,15H,4-5,10-11H2,1-3H3. The highest BCUT2D eigenvalue weighted by molar-refractivity contribution is 5.94. The van der Waals surface area contributed by atoms with E-state index in [1.165, 1.54) is 5.56 Å². The molecule has 0 aromatic heterocycles. The molecule has 0 fully saturated rings. The molecule has 0 heterocycles. The lowest BCUT2D eigenvalue weighted by molar-refractivity contribution is -0.117. The van der Waals surface area contributed by atoms with E-state index in [1.54, 1.807) is 0 Å². The van der Waals surface area contributed by atoms with Crippen molar-refractivity contribution in [1.82, 2.24) is 5.32 Å². The fourth-order valence-corrected chi connectivity index (χ4v) is 1.70. The SMILES string of the molecule is CCCNCC(=O)N(CC)c1ccc(C)cc1. The molecule has 0 radical (unpaired) electrons. The molecule has 1 rings (SSSR count). The van der Waals surface area contributed by atoms with Gasteiger partial charge in [0.15, 0.2) is 0 Å². The molecule has 0 bridgehead atoms. The van der Waals surface area contributed by atoms with Crippen molar-refractivity contribution in [3.8, 4) is 0 Å². The van der Waals surface area contributed by atoms with Crippen molar-refractivity contribution in [2.75, 3.05) is 24.5 Å². The van der Waals surface area contributed by atoms with Gasteiger partial charge >= 0.3 is 0 Å². The van der Waals surface area contributed by atoms with Crippen LogP contribution < -0.4 is 10.2 Å². The van der Waals surface area contributed by atoms with Gasteiger partial charge in [0, 0.05) is 12.2 Å². The van der Waals surface area contributed by atoms with E-state index in [2.05, 4.69) is 12.2 Å². The Kier molecular flexibility index (Phi) is 5.70. The Labute approximate surface area is 104 Å². The highest BCUT2D eigenvalue weighted by Gasteiger charge is 2.12. The Morgan fingerprint density at radius 1 is 1.24 bits per heavy atom. The summed E-state index contributed by atoms with van der Waals surface area (Å²) in [6.07, 6.45) is 1.05. The zero-order valence-electron chi connectivity index (χ0n) is 11.0. The zero-order valence-corrected chi connectivity index (χ0v) is 11.0. The molecule has 94 valence electrons. The summed E-state index contributed by atoms with van der Waals surface area (Å²) in [7, 11) is 0. The van der Waals surface area contributed by atoms with Crippen LogP contribution in [0.2, 0.25) is 0 Å². The van der Waals surface area contributed by atoms with Crippen LogP contribution in [0.1, 0.15) is 25.8 Å².